The Labute approximate surface area is 115 Å². The lowest BCUT2D eigenvalue weighted by Gasteiger charge is -2.28. The minimum atomic E-state index is -1.41. The molecule has 0 bridgehead atoms. The molecular weight excluding hydrogens is 268 g/mol. The van der Waals surface area contributed by atoms with Gasteiger partial charge in [-0.25, -0.2) is 9.97 Å². The van der Waals surface area contributed by atoms with Crippen LogP contribution >= 0.6 is 0 Å². The Morgan fingerprint density at radius 3 is 1.56 bits per heavy atom. The highest BCUT2D eigenvalue weighted by molar-refractivity contribution is 6.98. The van der Waals surface area contributed by atoms with Gasteiger partial charge in [-0.3, -0.25) is 0 Å². The molecule has 0 aliphatic heterocycles. The van der Waals surface area contributed by atoms with Gasteiger partial charge in [0.1, 0.15) is 21.6 Å². The smallest absolute Gasteiger partial charge is 0.125 e. The van der Waals surface area contributed by atoms with E-state index in [1.165, 1.54) is 10.5 Å². The van der Waals surface area contributed by atoms with Gasteiger partial charge in [0.25, 0.3) is 0 Å². The van der Waals surface area contributed by atoms with E-state index in [2.05, 4.69) is 65.1 Å². The number of aromatic nitrogens is 2. The van der Waals surface area contributed by atoms with Gasteiger partial charge in [-0.1, -0.05) is 58.9 Å². The summed E-state index contributed by atoms with van der Waals surface area (Å²) >= 11 is 0. The average Bonchev–Trinajstić information content (AvgIpc) is 2.12. The van der Waals surface area contributed by atoms with Crippen molar-refractivity contribution in [2.24, 2.45) is 0 Å². The van der Waals surface area contributed by atoms with Crippen molar-refractivity contribution in [1.29, 1.82) is 0 Å². The first kappa shape index (κ1) is 15.8. The summed E-state index contributed by atoms with van der Waals surface area (Å²) in [7, 11) is -4.15. The summed E-state index contributed by atoms with van der Waals surface area (Å²) in [4.78, 5) is 9.73. The predicted octanol–water partition coefficient (Wildman–Crippen LogP) is 2.11. The zero-order chi connectivity index (χ0) is 14.4. The molecule has 1 rings (SSSR count). The van der Waals surface area contributed by atoms with Crippen LogP contribution < -0.4 is 16.0 Å². The van der Waals surface area contributed by atoms with Crippen molar-refractivity contribution in [3.8, 4) is 0 Å². The SMILES string of the molecule is C[Si](C)(C)c1ncc([Si](C)(C)C)c([Si](C)(C)C)n1. The third-order valence-electron chi connectivity index (χ3n) is 2.98. The van der Waals surface area contributed by atoms with Crippen LogP contribution in [0.1, 0.15) is 0 Å². The van der Waals surface area contributed by atoms with Gasteiger partial charge >= 0.3 is 0 Å². The topological polar surface area (TPSA) is 25.8 Å². The summed E-state index contributed by atoms with van der Waals surface area (Å²) in [6.07, 6.45) is 2.15. The van der Waals surface area contributed by atoms with Gasteiger partial charge in [0.05, 0.1) is 8.07 Å². The Hall–Kier alpha value is -0.269. The molecule has 1 aromatic heterocycles. The summed E-state index contributed by atoms with van der Waals surface area (Å²) in [6, 6.07) is 0. The molecule has 0 aromatic carbocycles. The average molecular weight is 297 g/mol. The largest absolute Gasteiger partial charge is 0.248 e. The number of hydrogen-bond donors (Lipinski definition) is 0. The molecule has 102 valence electrons. The van der Waals surface area contributed by atoms with E-state index >= 15 is 0 Å². The highest BCUT2D eigenvalue weighted by Crippen LogP contribution is 2.05. The molecule has 0 spiro atoms. The standard InChI is InChI=1S/C13H28N2Si3/c1-16(2,3)11-10-14-13(18(7,8)9)15-12(11)17(4,5)6/h10H,1-9H3. The lowest BCUT2D eigenvalue weighted by atomic mass is 10.7. The van der Waals surface area contributed by atoms with Crippen LogP contribution in [-0.2, 0) is 0 Å². The first-order valence-electron chi connectivity index (χ1n) is 6.72. The number of nitrogens with zero attached hydrogens (tertiary/aromatic N) is 2. The summed E-state index contributed by atoms with van der Waals surface area (Å²) in [6.45, 7) is 21.3. The lowest BCUT2D eigenvalue weighted by Crippen LogP contribution is -2.62. The maximum Gasteiger partial charge on any atom is 0.125 e. The van der Waals surface area contributed by atoms with Gasteiger partial charge in [-0.2, -0.15) is 0 Å². The normalized spacial score (nSPS) is 13.8. The van der Waals surface area contributed by atoms with Crippen LogP contribution in [0.2, 0.25) is 58.9 Å². The summed E-state index contributed by atoms with van der Waals surface area (Å²) < 4.78 is 0. The van der Waals surface area contributed by atoms with Gasteiger partial charge in [0.2, 0.25) is 0 Å². The fourth-order valence-electron chi connectivity index (χ4n) is 1.86. The number of rotatable bonds is 3. The van der Waals surface area contributed by atoms with Gasteiger partial charge < -0.3 is 0 Å². The Balaban J connectivity index is 3.50. The molecule has 0 saturated carbocycles. The molecule has 0 saturated heterocycles. The lowest BCUT2D eigenvalue weighted by molar-refractivity contribution is 1.25. The molecule has 2 nitrogen and oxygen atoms in total. The van der Waals surface area contributed by atoms with E-state index in [-0.39, 0.29) is 0 Å². The maximum atomic E-state index is 5.03. The monoisotopic (exact) mass is 296 g/mol. The second kappa shape index (κ2) is 4.68. The van der Waals surface area contributed by atoms with Crippen LogP contribution in [0.3, 0.4) is 0 Å². The van der Waals surface area contributed by atoms with E-state index in [0.29, 0.717) is 0 Å². The second-order valence-electron chi connectivity index (χ2n) is 8.21. The zero-order valence-corrected chi connectivity index (χ0v) is 16.5. The Bertz CT molecular complexity index is 437. The van der Waals surface area contributed by atoms with Crippen molar-refractivity contribution in [3.05, 3.63) is 6.20 Å². The second-order valence-corrected chi connectivity index (χ2v) is 23.2. The van der Waals surface area contributed by atoms with Crippen molar-refractivity contribution in [3.63, 3.8) is 0 Å². The molecule has 0 radical (unpaired) electrons. The predicted molar refractivity (Wildman–Crippen MR) is 91.0 cm³/mol. The van der Waals surface area contributed by atoms with Crippen molar-refractivity contribution in [1.82, 2.24) is 9.97 Å². The highest BCUT2D eigenvalue weighted by Gasteiger charge is 2.31. The first-order valence-corrected chi connectivity index (χ1v) is 17.2. The molecule has 0 atom stereocenters. The van der Waals surface area contributed by atoms with E-state index in [0.717, 1.165) is 5.45 Å². The van der Waals surface area contributed by atoms with Gasteiger partial charge in [0, 0.05) is 11.5 Å². The molecule has 0 amide bonds. The van der Waals surface area contributed by atoms with Crippen LogP contribution in [0.15, 0.2) is 6.20 Å². The van der Waals surface area contributed by atoms with E-state index in [9.17, 15) is 0 Å². The van der Waals surface area contributed by atoms with E-state index in [1.807, 2.05) is 0 Å². The molecule has 5 heteroatoms. The molecule has 0 unspecified atom stereocenters. The quantitative estimate of drug-likeness (QED) is 0.799. The number of hydrogen-bond acceptors (Lipinski definition) is 2. The summed E-state index contributed by atoms with van der Waals surface area (Å²) in [5, 5.41) is 2.89. The maximum absolute atomic E-state index is 5.03. The molecule has 1 aromatic rings. The van der Waals surface area contributed by atoms with Crippen LogP contribution in [0.4, 0.5) is 0 Å². The molecular formula is C13H28N2Si3. The Morgan fingerprint density at radius 1 is 0.722 bits per heavy atom. The van der Waals surface area contributed by atoms with Crippen molar-refractivity contribution in [2.45, 2.75) is 58.9 Å². The van der Waals surface area contributed by atoms with E-state index in [4.69, 9.17) is 9.97 Å². The third-order valence-corrected chi connectivity index (χ3v) is 8.59. The molecule has 0 aliphatic carbocycles. The summed E-state index contributed by atoms with van der Waals surface area (Å²) in [5.41, 5.74) is 1.13. The van der Waals surface area contributed by atoms with Gasteiger partial charge in [0.15, 0.2) is 0 Å². The zero-order valence-electron chi connectivity index (χ0n) is 13.5. The van der Waals surface area contributed by atoms with Crippen LogP contribution in [-0.4, -0.2) is 34.2 Å². The minimum Gasteiger partial charge on any atom is -0.248 e. The fourth-order valence-corrected chi connectivity index (χ4v) is 7.66. The highest BCUT2D eigenvalue weighted by atomic mass is 28.3. The molecule has 0 fully saturated rings. The van der Waals surface area contributed by atoms with Crippen molar-refractivity contribution < 1.29 is 0 Å². The van der Waals surface area contributed by atoms with Crippen LogP contribution in [0.5, 0.6) is 0 Å². The Morgan fingerprint density at radius 2 is 1.22 bits per heavy atom. The van der Waals surface area contributed by atoms with Gasteiger partial charge in [-0.05, 0) is 5.19 Å². The summed E-state index contributed by atoms with van der Waals surface area (Å²) in [5.74, 6) is 0. The Kier molecular flexibility index (Phi) is 4.11. The van der Waals surface area contributed by atoms with Crippen molar-refractivity contribution >= 4 is 40.2 Å². The molecule has 1 heterocycles. The molecule has 18 heavy (non-hydrogen) atoms. The first-order chi connectivity index (χ1) is 7.83. The molecule has 0 N–H and O–H groups in total. The van der Waals surface area contributed by atoms with Crippen molar-refractivity contribution in [2.75, 3.05) is 0 Å². The van der Waals surface area contributed by atoms with E-state index < -0.39 is 24.2 Å². The third kappa shape index (κ3) is 3.61. The van der Waals surface area contributed by atoms with Crippen LogP contribution in [0.25, 0.3) is 0 Å². The van der Waals surface area contributed by atoms with Crippen LogP contribution in [0, 0.1) is 0 Å². The fraction of sp³-hybridized carbons (Fsp3) is 0.692. The van der Waals surface area contributed by atoms with Gasteiger partial charge in [-0.15, -0.1) is 0 Å². The van der Waals surface area contributed by atoms with E-state index in [1.54, 1.807) is 0 Å². The minimum absolute atomic E-state index is 1.13. The molecule has 0 aliphatic rings.